The van der Waals surface area contributed by atoms with E-state index in [0.717, 1.165) is 0 Å². The second-order valence-electron chi connectivity index (χ2n) is 4.13. The molecule has 0 aromatic carbocycles. The average molecular weight is 196 g/mol. The standard InChI is InChI=1S/C10H12O2S/c1-10(2)7(8(10)9(11)12)6-4-3-5-13-6/h3-5,7-8H,1-2H3,(H,11,12). The van der Waals surface area contributed by atoms with Crippen LogP contribution >= 0.6 is 11.3 Å². The van der Waals surface area contributed by atoms with E-state index >= 15 is 0 Å². The zero-order valence-electron chi connectivity index (χ0n) is 7.65. The van der Waals surface area contributed by atoms with E-state index in [4.69, 9.17) is 5.11 Å². The van der Waals surface area contributed by atoms with Gasteiger partial charge in [0.1, 0.15) is 0 Å². The first-order chi connectivity index (χ1) is 6.05. The number of rotatable bonds is 2. The molecule has 70 valence electrons. The summed E-state index contributed by atoms with van der Waals surface area (Å²) in [6, 6.07) is 4.01. The number of carbonyl (C=O) groups is 1. The van der Waals surface area contributed by atoms with Crippen LogP contribution in [0.1, 0.15) is 24.6 Å². The van der Waals surface area contributed by atoms with E-state index in [9.17, 15) is 4.79 Å². The Morgan fingerprint density at radius 1 is 1.62 bits per heavy atom. The lowest BCUT2D eigenvalue weighted by Gasteiger charge is -1.97. The molecular formula is C10H12O2S. The molecule has 0 radical (unpaired) electrons. The Morgan fingerprint density at radius 3 is 2.69 bits per heavy atom. The maximum absolute atomic E-state index is 10.9. The Balaban J connectivity index is 2.25. The lowest BCUT2D eigenvalue weighted by Crippen LogP contribution is -2.02. The van der Waals surface area contributed by atoms with Crippen LogP contribution in [0, 0.1) is 11.3 Å². The summed E-state index contributed by atoms with van der Waals surface area (Å²) in [5.41, 5.74) is -0.0588. The van der Waals surface area contributed by atoms with Gasteiger partial charge in [0.2, 0.25) is 0 Å². The number of aliphatic carboxylic acids is 1. The molecule has 2 nitrogen and oxygen atoms in total. The number of hydrogen-bond donors (Lipinski definition) is 1. The number of carboxylic acid groups (broad SMARTS) is 1. The first-order valence-electron chi connectivity index (χ1n) is 4.31. The number of carboxylic acids is 1. The summed E-state index contributed by atoms with van der Waals surface area (Å²) in [4.78, 5) is 12.1. The van der Waals surface area contributed by atoms with Gasteiger partial charge in [0, 0.05) is 10.8 Å². The number of hydrogen-bond acceptors (Lipinski definition) is 2. The topological polar surface area (TPSA) is 37.3 Å². The van der Waals surface area contributed by atoms with E-state index < -0.39 is 5.97 Å². The van der Waals surface area contributed by atoms with Crippen molar-refractivity contribution >= 4 is 17.3 Å². The van der Waals surface area contributed by atoms with Crippen molar-refractivity contribution in [2.45, 2.75) is 19.8 Å². The fourth-order valence-electron chi connectivity index (χ4n) is 2.10. The van der Waals surface area contributed by atoms with E-state index in [1.165, 1.54) is 4.88 Å². The van der Waals surface area contributed by atoms with Gasteiger partial charge in [-0.05, 0) is 16.9 Å². The molecule has 2 atom stereocenters. The molecule has 1 aromatic heterocycles. The minimum atomic E-state index is -0.664. The molecule has 0 bridgehead atoms. The average Bonchev–Trinajstić information content (AvgIpc) is 2.50. The molecule has 0 aliphatic heterocycles. The normalized spacial score (nSPS) is 30.0. The van der Waals surface area contributed by atoms with E-state index in [0.29, 0.717) is 0 Å². The summed E-state index contributed by atoms with van der Waals surface area (Å²) in [6.45, 7) is 4.05. The Hall–Kier alpha value is -0.830. The molecule has 2 unspecified atom stereocenters. The third-order valence-electron chi connectivity index (χ3n) is 2.94. The van der Waals surface area contributed by atoms with Crippen LogP contribution in [-0.2, 0) is 4.79 Å². The largest absolute Gasteiger partial charge is 0.481 e. The van der Waals surface area contributed by atoms with E-state index in [1.54, 1.807) is 11.3 Å². The lowest BCUT2D eigenvalue weighted by molar-refractivity contribution is -0.139. The predicted octanol–water partition coefficient (Wildman–Crippen LogP) is 2.57. The highest BCUT2D eigenvalue weighted by molar-refractivity contribution is 7.10. The second kappa shape index (κ2) is 2.58. The second-order valence-corrected chi connectivity index (χ2v) is 5.11. The molecule has 0 saturated heterocycles. The zero-order chi connectivity index (χ0) is 9.64. The highest BCUT2D eigenvalue weighted by Gasteiger charge is 2.63. The van der Waals surface area contributed by atoms with Gasteiger partial charge in [-0.1, -0.05) is 19.9 Å². The van der Waals surface area contributed by atoms with Crippen molar-refractivity contribution in [1.29, 1.82) is 0 Å². The van der Waals surface area contributed by atoms with Crippen molar-refractivity contribution < 1.29 is 9.90 Å². The van der Waals surface area contributed by atoms with Gasteiger partial charge in [0.05, 0.1) is 5.92 Å². The molecular weight excluding hydrogens is 184 g/mol. The lowest BCUT2D eigenvalue weighted by atomic mass is 10.1. The molecule has 1 saturated carbocycles. The van der Waals surface area contributed by atoms with Crippen LogP contribution < -0.4 is 0 Å². The van der Waals surface area contributed by atoms with Crippen LogP contribution in [0.5, 0.6) is 0 Å². The highest BCUT2D eigenvalue weighted by atomic mass is 32.1. The molecule has 13 heavy (non-hydrogen) atoms. The van der Waals surface area contributed by atoms with Crippen LogP contribution in [0.15, 0.2) is 17.5 Å². The van der Waals surface area contributed by atoms with Crippen LogP contribution in [0.4, 0.5) is 0 Å². The van der Waals surface area contributed by atoms with E-state index in [-0.39, 0.29) is 17.3 Å². The summed E-state index contributed by atoms with van der Waals surface area (Å²) < 4.78 is 0. The first kappa shape index (κ1) is 8.75. The molecule has 1 N–H and O–H groups in total. The summed E-state index contributed by atoms with van der Waals surface area (Å²) in [6.07, 6.45) is 0. The molecule has 1 aromatic rings. The Bertz CT molecular complexity index is 327. The molecule has 1 aliphatic carbocycles. The summed E-state index contributed by atoms with van der Waals surface area (Å²) >= 11 is 1.65. The van der Waals surface area contributed by atoms with Gasteiger partial charge in [-0.25, -0.2) is 0 Å². The monoisotopic (exact) mass is 196 g/mol. The SMILES string of the molecule is CC1(C)C(C(=O)O)C1c1cccs1. The maximum Gasteiger partial charge on any atom is 0.307 e. The van der Waals surface area contributed by atoms with Crippen LogP contribution in [0.3, 0.4) is 0 Å². The van der Waals surface area contributed by atoms with Gasteiger partial charge >= 0.3 is 5.97 Å². The van der Waals surface area contributed by atoms with E-state index in [2.05, 4.69) is 0 Å². The molecule has 1 aliphatic rings. The molecule has 0 amide bonds. The maximum atomic E-state index is 10.9. The Labute approximate surface area is 81.2 Å². The van der Waals surface area contributed by atoms with E-state index in [1.807, 2.05) is 31.4 Å². The van der Waals surface area contributed by atoms with Gasteiger partial charge in [-0.2, -0.15) is 0 Å². The zero-order valence-corrected chi connectivity index (χ0v) is 8.47. The summed E-state index contributed by atoms with van der Waals surface area (Å²) in [7, 11) is 0. The van der Waals surface area contributed by atoms with Crippen molar-refractivity contribution in [3.05, 3.63) is 22.4 Å². The van der Waals surface area contributed by atoms with Crippen LogP contribution in [-0.4, -0.2) is 11.1 Å². The van der Waals surface area contributed by atoms with Crippen molar-refractivity contribution in [3.63, 3.8) is 0 Å². The Kier molecular flexibility index (Phi) is 1.74. The van der Waals surface area contributed by atoms with Gasteiger partial charge in [0.25, 0.3) is 0 Å². The quantitative estimate of drug-likeness (QED) is 0.789. The molecule has 1 fully saturated rings. The van der Waals surface area contributed by atoms with Crippen molar-refractivity contribution in [2.75, 3.05) is 0 Å². The smallest absolute Gasteiger partial charge is 0.307 e. The molecule has 1 heterocycles. The van der Waals surface area contributed by atoms with Crippen LogP contribution in [0.25, 0.3) is 0 Å². The fraction of sp³-hybridized carbons (Fsp3) is 0.500. The third kappa shape index (κ3) is 1.18. The minimum Gasteiger partial charge on any atom is -0.481 e. The van der Waals surface area contributed by atoms with Gasteiger partial charge in [-0.3, -0.25) is 4.79 Å². The molecule has 3 heteroatoms. The fourth-order valence-corrected chi connectivity index (χ4v) is 3.16. The molecule has 2 rings (SSSR count). The van der Waals surface area contributed by atoms with Crippen LogP contribution in [0.2, 0.25) is 0 Å². The highest BCUT2D eigenvalue weighted by Crippen LogP contribution is 2.65. The predicted molar refractivity (Wildman–Crippen MR) is 52.0 cm³/mol. The van der Waals surface area contributed by atoms with Crippen molar-refractivity contribution in [1.82, 2.24) is 0 Å². The summed E-state index contributed by atoms with van der Waals surface area (Å²) in [5.74, 6) is -0.625. The first-order valence-corrected chi connectivity index (χ1v) is 5.19. The van der Waals surface area contributed by atoms with Gasteiger partial charge < -0.3 is 5.11 Å². The van der Waals surface area contributed by atoms with Crippen molar-refractivity contribution in [3.8, 4) is 0 Å². The molecule has 0 spiro atoms. The minimum absolute atomic E-state index is 0.0588. The number of thiophene rings is 1. The van der Waals surface area contributed by atoms with Gasteiger partial charge in [-0.15, -0.1) is 11.3 Å². The summed E-state index contributed by atoms with van der Waals surface area (Å²) in [5, 5.41) is 11.0. The van der Waals surface area contributed by atoms with Crippen molar-refractivity contribution in [2.24, 2.45) is 11.3 Å². The Morgan fingerprint density at radius 2 is 2.31 bits per heavy atom. The van der Waals surface area contributed by atoms with Gasteiger partial charge in [0.15, 0.2) is 0 Å². The third-order valence-corrected chi connectivity index (χ3v) is 3.90.